The number of nitrogens with one attached hydrogen (secondary N) is 1. The van der Waals surface area contributed by atoms with Crippen LogP contribution in [0.3, 0.4) is 0 Å². The van der Waals surface area contributed by atoms with Crippen molar-refractivity contribution in [2.45, 2.75) is 13.8 Å². The Morgan fingerprint density at radius 3 is 2.20 bits per heavy atom. The second kappa shape index (κ2) is 2.93. The standard InChI is InChI=1S/C6H10N3P/c1-4-3-5(2)8-6(7-4)9-10/h3H,10H2,1-2H3,(H,7,8,9). The first-order valence-electron chi connectivity index (χ1n) is 3.01. The molecule has 0 aliphatic rings. The van der Waals surface area contributed by atoms with Crippen molar-refractivity contribution in [1.82, 2.24) is 9.97 Å². The van der Waals surface area contributed by atoms with Gasteiger partial charge in [-0.05, 0) is 29.3 Å². The van der Waals surface area contributed by atoms with Crippen molar-refractivity contribution in [3.05, 3.63) is 17.5 Å². The van der Waals surface area contributed by atoms with E-state index < -0.39 is 0 Å². The molecule has 0 radical (unpaired) electrons. The topological polar surface area (TPSA) is 37.8 Å². The summed E-state index contributed by atoms with van der Waals surface area (Å²) in [6.45, 7) is 3.89. The molecule has 0 saturated carbocycles. The molecule has 1 atom stereocenters. The Morgan fingerprint density at radius 1 is 1.30 bits per heavy atom. The van der Waals surface area contributed by atoms with Crippen LogP contribution < -0.4 is 5.09 Å². The number of anilines is 1. The molecule has 0 amide bonds. The SMILES string of the molecule is Cc1cc(C)nc(NP)n1. The molecule has 0 fully saturated rings. The van der Waals surface area contributed by atoms with Gasteiger partial charge in [-0.2, -0.15) is 0 Å². The van der Waals surface area contributed by atoms with Crippen LogP contribution in [0.5, 0.6) is 0 Å². The smallest absolute Gasteiger partial charge is 0.226 e. The minimum Gasteiger partial charge on any atom is -0.339 e. The van der Waals surface area contributed by atoms with Gasteiger partial charge in [0.2, 0.25) is 5.95 Å². The van der Waals surface area contributed by atoms with Gasteiger partial charge in [0.15, 0.2) is 0 Å². The summed E-state index contributed by atoms with van der Waals surface area (Å²) in [5.74, 6) is 0.655. The first-order valence-corrected chi connectivity index (χ1v) is 3.59. The molecule has 10 heavy (non-hydrogen) atoms. The van der Waals surface area contributed by atoms with Crippen LogP contribution in [0, 0.1) is 13.8 Å². The molecule has 3 nitrogen and oxygen atoms in total. The third-order valence-electron chi connectivity index (χ3n) is 1.11. The normalized spacial score (nSPS) is 9.50. The zero-order valence-electron chi connectivity index (χ0n) is 6.05. The zero-order valence-corrected chi connectivity index (χ0v) is 7.20. The summed E-state index contributed by atoms with van der Waals surface area (Å²) in [7, 11) is 2.36. The predicted molar refractivity (Wildman–Crippen MR) is 44.8 cm³/mol. The fourth-order valence-corrected chi connectivity index (χ4v) is 0.920. The van der Waals surface area contributed by atoms with E-state index in [9.17, 15) is 0 Å². The van der Waals surface area contributed by atoms with Gasteiger partial charge in [0, 0.05) is 11.4 Å². The van der Waals surface area contributed by atoms with Gasteiger partial charge in [-0.25, -0.2) is 9.97 Å². The molecular weight excluding hydrogens is 145 g/mol. The molecular formula is C6H10N3P. The van der Waals surface area contributed by atoms with Crippen LogP contribution in [0.1, 0.15) is 11.4 Å². The van der Waals surface area contributed by atoms with E-state index in [4.69, 9.17) is 0 Å². The van der Waals surface area contributed by atoms with Gasteiger partial charge in [0.1, 0.15) is 0 Å². The number of rotatable bonds is 1. The molecule has 0 saturated heterocycles. The third kappa shape index (κ3) is 1.64. The average Bonchev–Trinajstić information content (AvgIpc) is 1.85. The summed E-state index contributed by atoms with van der Waals surface area (Å²) >= 11 is 0. The Labute approximate surface area is 62.5 Å². The predicted octanol–water partition coefficient (Wildman–Crippen LogP) is 1.30. The average molecular weight is 155 g/mol. The van der Waals surface area contributed by atoms with Gasteiger partial charge in [0.05, 0.1) is 0 Å². The molecule has 1 rings (SSSR count). The van der Waals surface area contributed by atoms with Crippen molar-refractivity contribution in [3.8, 4) is 0 Å². The van der Waals surface area contributed by atoms with E-state index in [0.29, 0.717) is 5.95 Å². The zero-order chi connectivity index (χ0) is 7.56. The number of aryl methyl sites for hydroxylation is 2. The summed E-state index contributed by atoms with van der Waals surface area (Å²) < 4.78 is 0. The Morgan fingerprint density at radius 2 is 1.80 bits per heavy atom. The lowest BCUT2D eigenvalue weighted by Gasteiger charge is -1.99. The lowest BCUT2D eigenvalue weighted by Crippen LogP contribution is -1.94. The van der Waals surface area contributed by atoms with Crippen molar-refractivity contribution in [3.63, 3.8) is 0 Å². The Bertz CT molecular complexity index is 216. The molecule has 1 unspecified atom stereocenters. The fraction of sp³-hybridized carbons (Fsp3) is 0.333. The second-order valence-corrected chi connectivity index (χ2v) is 2.41. The monoisotopic (exact) mass is 155 g/mol. The van der Waals surface area contributed by atoms with E-state index >= 15 is 0 Å². The van der Waals surface area contributed by atoms with Crippen LogP contribution in [-0.4, -0.2) is 9.97 Å². The van der Waals surface area contributed by atoms with Crippen LogP contribution in [0.15, 0.2) is 6.07 Å². The van der Waals surface area contributed by atoms with Gasteiger partial charge in [-0.3, -0.25) is 0 Å². The highest BCUT2D eigenvalue weighted by atomic mass is 31.0. The summed E-state index contributed by atoms with van der Waals surface area (Å²) in [5.41, 5.74) is 1.97. The largest absolute Gasteiger partial charge is 0.339 e. The molecule has 1 aromatic heterocycles. The first-order chi connectivity index (χ1) is 4.72. The lowest BCUT2D eigenvalue weighted by molar-refractivity contribution is 1.07. The summed E-state index contributed by atoms with van der Waals surface area (Å²) in [6, 6.07) is 1.94. The molecule has 0 spiro atoms. The van der Waals surface area contributed by atoms with Crippen molar-refractivity contribution < 1.29 is 0 Å². The molecule has 0 aromatic carbocycles. The number of aromatic nitrogens is 2. The van der Waals surface area contributed by atoms with Crippen molar-refractivity contribution in [1.29, 1.82) is 0 Å². The fourth-order valence-electron chi connectivity index (χ4n) is 0.790. The molecule has 0 aliphatic heterocycles. The summed E-state index contributed by atoms with van der Waals surface area (Å²) in [4.78, 5) is 8.22. The maximum atomic E-state index is 4.11. The number of hydrogen-bond donors (Lipinski definition) is 1. The summed E-state index contributed by atoms with van der Waals surface area (Å²) in [6.07, 6.45) is 0. The maximum Gasteiger partial charge on any atom is 0.226 e. The van der Waals surface area contributed by atoms with Crippen LogP contribution in [0.4, 0.5) is 5.95 Å². The van der Waals surface area contributed by atoms with Crippen LogP contribution >= 0.6 is 9.39 Å². The third-order valence-corrected chi connectivity index (χ3v) is 1.37. The first kappa shape index (κ1) is 7.42. The maximum absolute atomic E-state index is 4.11. The Balaban J connectivity index is 3.06. The summed E-state index contributed by atoms with van der Waals surface area (Å²) in [5, 5.41) is 2.80. The van der Waals surface area contributed by atoms with Gasteiger partial charge in [-0.1, -0.05) is 0 Å². The van der Waals surface area contributed by atoms with Crippen molar-refractivity contribution in [2.75, 3.05) is 5.09 Å². The van der Waals surface area contributed by atoms with Crippen molar-refractivity contribution >= 4 is 15.3 Å². The minimum absolute atomic E-state index is 0.655. The van der Waals surface area contributed by atoms with Gasteiger partial charge < -0.3 is 5.09 Å². The second-order valence-electron chi connectivity index (χ2n) is 2.12. The van der Waals surface area contributed by atoms with E-state index in [-0.39, 0.29) is 0 Å². The van der Waals surface area contributed by atoms with E-state index in [2.05, 4.69) is 24.4 Å². The Kier molecular flexibility index (Phi) is 2.17. The number of hydrogen-bond acceptors (Lipinski definition) is 3. The van der Waals surface area contributed by atoms with Gasteiger partial charge in [-0.15, -0.1) is 0 Å². The molecule has 54 valence electrons. The van der Waals surface area contributed by atoms with E-state index in [0.717, 1.165) is 11.4 Å². The lowest BCUT2D eigenvalue weighted by atomic mass is 10.4. The van der Waals surface area contributed by atoms with E-state index in [1.165, 1.54) is 0 Å². The molecule has 4 heteroatoms. The molecule has 0 aliphatic carbocycles. The molecule has 1 aromatic rings. The van der Waals surface area contributed by atoms with Gasteiger partial charge in [0.25, 0.3) is 0 Å². The van der Waals surface area contributed by atoms with Crippen LogP contribution in [0.2, 0.25) is 0 Å². The quantitative estimate of drug-likeness (QED) is 0.621. The molecule has 1 N–H and O–H groups in total. The number of nitrogens with zero attached hydrogens (tertiary/aromatic N) is 2. The van der Waals surface area contributed by atoms with Crippen LogP contribution in [-0.2, 0) is 0 Å². The highest BCUT2D eigenvalue weighted by Crippen LogP contribution is 2.04. The van der Waals surface area contributed by atoms with E-state index in [1.54, 1.807) is 0 Å². The highest BCUT2D eigenvalue weighted by Gasteiger charge is 1.93. The minimum atomic E-state index is 0.655. The van der Waals surface area contributed by atoms with E-state index in [1.807, 2.05) is 19.9 Å². The molecule has 0 bridgehead atoms. The highest BCUT2D eigenvalue weighted by molar-refractivity contribution is 7.18. The Hall–Kier alpha value is -0.690. The van der Waals surface area contributed by atoms with Gasteiger partial charge >= 0.3 is 0 Å². The van der Waals surface area contributed by atoms with Crippen LogP contribution in [0.25, 0.3) is 0 Å². The molecule has 1 heterocycles. The van der Waals surface area contributed by atoms with Crippen molar-refractivity contribution in [2.24, 2.45) is 0 Å².